The molecule has 0 radical (unpaired) electrons. The van der Waals surface area contributed by atoms with E-state index < -0.39 is 0 Å². The lowest BCUT2D eigenvalue weighted by Crippen LogP contribution is -2.25. The summed E-state index contributed by atoms with van der Waals surface area (Å²) in [5.41, 5.74) is 9.26. The van der Waals surface area contributed by atoms with Gasteiger partial charge in [0.25, 0.3) is 0 Å². The highest BCUT2D eigenvalue weighted by atomic mass is 16.6. The van der Waals surface area contributed by atoms with E-state index in [0.717, 1.165) is 12.8 Å². The van der Waals surface area contributed by atoms with Crippen molar-refractivity contribution in [1.29, 1.82) is 0 Å². The van der Waals surface area contributed by atoms with E-state index >= 15 is 0 Å². The van der Waals surface area contributed by atoms with E-state index in [4.69, 9.17) is 4.84 Å². The Hall–Kier alpha value is -2.36. The Morgan fingerprint density at radius 2 is 1.80 bits per heavy atom. The zero-order valence-electron chi connectivity index (χ0n) is 19.3. The largest absolute Gasteiger partial charge is 0.511 e. The maximum atomic E-state index is 13.1. The average molecular weight is 410 g/mol. The molecular weight excluding hydrogens is 374 g/mol. The number of oxime groups is 1. The van der Waals surface area contributed by atoms with Crippen LogP contribution in [0.4, 0.5) is 0 Å². The average Bonchev–Trinajstić information content (AvgIpc) is 3.00. The summed E-state index contributed by atoms with van der Waals surface area (Å²) in [7, 11) is 0. The smallest absolute Gasteiger partial charge is 0.168 e. The van der Waals surface area contributed by atoms with Gasteiger partial charge in [0.15, 0.2) is 5.78 Å². The van der Waals surface area contributed by atoms with Crippen molar-refractivity contribution in [3.05, 3.63) is 57.4 Å². The van der Waals surface area contributed by atoms with E-state index in [1.165, 1.54) is 33.4 Å². The standard InChI is InChI=1S/C26H35NO3/c1-8-10-30-27-21(9-2)25-22(28)11-18(12-23(25)29)24-16(4)15(3)19-13-26(6,7)14-20(19)17(24)5/h8,18,28H,1,9-14H2,2-7H3/b27-21-. The number of nitrogens with zero attached hydrogens (tertiary/aromatic N) is 1. The Morgan fingerprint density at radius 3 is 2.37 bits per heavy atom. The third-order valence-corrected chi connectivity index (χ3v) is 6.79. The van der Waals surface area contributed by atoms with Crippen molar-refractivity contribution in [2.75, 3.05) is 6.61 Å². The van der Waals surface area contributed by atoms with Crippen LogP contribution < -0.4 is 0 Å². The van der Waals surface area contributed by atoms with Gasteiger partial charge in [-0.05, 0) is 84.7 Å². The molecule has 162 valence electrons. The Kier molecular flexibility index (Phi) is 6.26. The van der Waals surface area contributed by atoms with Crippen molar-refractivity contribution in [2.24, 2.45) is 10.6 Å². The van der Waals surface area contributed by atoms with Crippen LogP contribution in [0.15, 0.2) is 29.1 Å². The topological polar surface area (TPSA) is 58.9 Å². The van der Waals surface area contributed by atoms with E-state index in [-0.39, 0.29) is 29.5 Å². The minimum absolute atomic E-state index is 0.00108. The Morgan fingerprint density at radius 1 is 1.17 bits per heavy atom. The SMILES string of the molecule is C=CCO/N=C(/CC)C1=C(O)CC(c2c(C)c(C)c3c(c2C)CC(C)(C)C3)CC1=O. The maximum Gasteiger partial charge on any atom is 0.168 e. The summed E-state index contributed by atoms with van der Waals surface area (Å²) < 4.78 is 0. The molecule has 1 aromatic carbocycles. The molecule has 2 aliphatic carbocycles. The third kappa shape index (κ3) is 3.97. The zero-order chi connectivity index (χ0) is 22.2. The number of aliphatic hydroxyl groups is 1. The Balaban J connectivity index is 2.00. The lowest BCUT2D eigenvalue weighted by Gasteiger charge is -2.29. The Bertz CT molecular complexity index is 950. The van der Waals surface area contributed by atoms with Crippen LogP contribution in [0, 0.1) is 26.2 Å². The second kappa shape index (κ2) is 8.41. The summed E-state index contributed by atoms with van der Waals surface area (Å²) in [4.78, 5) is 18.3. The quantitative estimate of drug-likeness (QED) is 0.273. The predicted molar refractivity (Wildman–Crippen MR) is 122 cm³/mol. The van der Waals surface area contributed by atoms with Crippen LogP contribution in [-0.2, 0) is 22.5 Å². The summed E-state index contributed by atoms with van der Waals surface area (Å²) in [5.74, 6) is 0.0846. The second-order valence-corrected chi connectivity index (χ2v) is 9.59. The van der Waals surface area contributed by atoms with E-state index in [1.807, 2.05) is 6.92 Å². The first-order valence-electron chi connectivity index (χ1n) is 11.0. The molecule has 1 aromatic rings. The van der Waals surface area contributed by atoms with Crippen molar-refractivity contribution in [1.82, 2.24) is 0 Å². The second-order valence-electron chi connectivity index (χ2n) is 9.59. The van der Waals surface area contributed by atoms with Gasteiger partial charge < -0.3 is 9.94 Å². The summed E-state index contributed by atoms with van der Waals surface area (Å²) >= 11 is 0. The first-order valence-corrected chi connectivity index (χ1v) is 11.0. The molecule has 1 N–H and O–H groups in total. The molecule has 0 fully saturated rings. The highest BCUT2D eigenvalue weighted by molar-refractivity contribution is 6.23. The molecule has 0 amide bonds. The van der Waals surface area contributed by atoms with Crippen LogP contribution in [-0.4, -0.2) is 23.2 Å². The van der Waals surface area contributed by atoms with E-state index in [0.29, 0.717) is 30.5 Å². The Labute approximate surface area is 180 Å². The van der Waals surface area contributed by atoms with E-state index in [2.05, 4.69) is 46.4 Å². The van der Waals surface area contributed by atoms with Crippen LogP contribution >= 0.6 is 0 Å². The molecule has 0 aromatic heterocycles. The number of rotatable bonds is 6. The van der Waals surface area contributed by atoms with Crippen molar-refractivity contribution >= 4 is 11.5 Å². The number of hydrogen-bond acceptors (Lipinski definition) is 4. The number of carbonyl (C=O) groups excluding carboxylic acids is 1. The number of fused-ring (bicyclic) bond motifs is 1. The molecule has 0 heterocycles. The summed E-state index contributed by atoms with van der Waals surface area (Å²) in [6.45, 7) is 17.0. The summed E-state index contributed by atoms with van der Waals surface area (Å²) in [6, 6.07) is 0. The van der Waals surface area contributed by atoms with Crippen LogP contribution in [0.3, 0.4) is 0 Å². The van der Waals surface area contributed by atoms with Gasteiger partial charge in [-0.15, -0.1) is 0 Å². The maximum absolute atomic E-state index is 13.1. The number of aliphatic hydroxyl groups excluding tert-OH is 1. The molecule has 4 nitrogen and oxygen atoms in total. The van der Waals surface area contributed by atoms with Gasteiger partial charge in [0, 0.05) is 12.8 Å². The third-order valence-electron chi connectivity index (χ3n) is 6.79. The number of Topliss-reactive ketones (excluding diaryl/α,β-unsaturated/α-hetero) is 1. The van der Waals surface area contributed by atoms with Gasteiger partial charge in [0.05, 0.1) is 11.3 Å². The van der Waals surface area contributed by atoms with Crippen LogP contribution in [0.25, 0.3) is 0 Å². The van der Waals surface area contributed by atoms with Crippen molar-refractivity contribution in [3.8, 4) is 0 Å². The molecule has 3 rings (SSSR count). The van der Waals surface area contributed by atoms with Crippen LogP contribution in [0.2, 0.25) is 0 Å². The first-order chi connectivity index (χ1) is 14.1. The van der Waals surface area contributed by atoms with Gasteiger partial charge in [-0.1, -0.05) is 38.6 Å². The van der Waals surface area contributed by atoms with Crippen LogP contribution in [0.1, 0.15) is 79.3 Å². The van der Waals surface area contributed by atoms with Crippen molar-refractivity contribution in [3.63, 3.8) is 0 Å². The lowest BCUT2D eigenvalue weighted by atomic mass is 9.75. The van der Waals surface area contributed by atoms with Crippen molar-refractivity contribution < 1.29 is 14.7 Å². The normalized spacial score (nSPS) is 21.1. The number of ketones is 1. The summed E-state index contributed by atoms with van der Waals surface area (Å²) in [5, 5.41) is 14.9. The highest BCUT2D eigenvalue weighted by Crippen LogP contribution is 2.46. The number of carbonyl (C=O) groups is 1. The van der Waals surface area contributed by atoms with E-state index in [1.54, 1.807) is 6.08 Å². The van der Waals surface area contributed by atoms with Gasteiger partial charge in [-0.3, -0.25) is 4.79 Å². The molecule has 1 atom stereocenters. The molecular formula is C26H35NO3. The molecule has 0 aliphatic heterocycles. The molecule has 0 bridgehead atoms. The summed E-state index contributed by atoms with van der Waals surface area (Å²) in [6.07, 6.45) is 5.16. The van der Waals surface area contributed by atoms with Gasteiger partial charge in [0.2, 0.25) is 0 Å². The van der Waals surface area contributed by atoms with Crippen molar-refractivity contribution in [2.45, 2.75) is 79.6 Å². The lowest BCUT2D eigenvalue weighted by molar-refractivity contribution is -0.116. The molecule has 0 saturated heterocycles. The van der Waals surface area contributed by atoms with Gasteiger partial charge in [-0.2, -0.15) is 0 Å². The minimum Gasteiger partial charge on any atom is -0.511 e. The minimum atomic E-state index is -0.0520. The van der Waals surface area contributed by atoms with E-state index in [9.17, 15) is 9.90 Å². The fourth-order valence-corrected chi connectivity index (χ4v) is 5.32. The highest BCUT2D eigenvalue weighted by Gasteiger charge is 2.37. The molecule has 0 saturated carbocycles. The number of hydrogen-bond donors (Lipinski definition) is 1. The zero-order valence-corrected chi connectivity index (χ0v) is 19.3. The van der Waals surface area contributed by atoms with Gasteiger partial charge in [-0.25, -0.2) is 0 Å². The number of allylic oxidation sites excluding steroid dienone is 2. The fourth-order valence-electron chi connectivity index (χ4n) is 5.32. The fraction of sp³-hybridized carbons (Fsp3) is 0.538. The van der Waals surface area contributed by atoms with Crippen LogP contribution in [0.5, 0.6) is 0 Å². The molecule has 0 spiro atoms. The predicted octanol–water partition coefficient (Wildman–Crippen LogP) is 5.96. The molecule has 2 aliphatic rings. The molecule has 1 unspecified atom stereocenters. The van der Waals surface area contributed by atoms with Gasteiger partial charge >= 0.3 is 0 Å². The first kappa shape index (κ1) is 22.3. The van der Waals surface area contributed by atoms with Gasteiger partial charge in [0.1, 0.15) is 12.4 Å². The monoisotopic (exact) mass is 409 g/mol. The molecule has 30 heavy (non-hydrogen) atoms. The molecule has 4 heteroatoms. The number of benzene rings is 1.